The Bertz CT molecular complexity index is 833. The van der Waals surface area contributed by atoms with Crippen molar-refractivity contribution >= 4 is 23.4 Å². The summed E-state index contributed by atoms with van der Waals surface area (Å²) in [5.74, 6) is 0.191. The first kappa shape index (κ1) is 18.8. The maximum Gasteiger partial charge on any atom is 0.270 e. The number of hydrogen-bond donors (Lipinski definition) is 1. The molecule has 142 valence electrons. The summed E-state index contributed by atoms with van der Waals surface area (Å²) >= 11 is 6.16. The summed E-state index contributed by atoms with van der Waals surface area (Å²) in [6.45, 7) is 0. The van der Waals surface area contributed by atoms with E-state index in [4.69, 9.17) is 25.8 Å². The third-order valence-electron chi connectivity index (χ3n) is 4.32. The van der Waals surface area contributed by atoms with E-state index < -0.39 is 17.3 Å². The van der Waals surface area contributed by atoms with Crippen LogP contribution in [-0.2, 0) is 4.79 Å². The molecule has 0 aromatic heterocycles. The monoisotopic (exact) mass is 390 g/mol. The van der Waals surface area contributed by atoms with Gasteiger partial charge in [0.05, 0.1) is 21.3 Å². The molecule has 1 aliphatic rings. The summed E-state index contributed by atoms with van der Waals surface area (Å²) in [6, 6.07) is 11.9. The lowest BCUT2D eigenvalue weighted by atomic mass is 9.95. The standard InChI is InChI=1S/C19H19ClN2O5/c1-25-13-9-12(10-14(26-2)17(13)27-3)18(23)21-22-16(15(20)19(22)24)11-7-5-4-6-8-11/h4-10,15-16H,1-3H3,(H,21,23). The van der Waals surface area contributed by atoms with Crippen LogP contribution in [-0.4, -0.2) is 43.5 Å². The third kappa shape index (κ3) is 3.38. The molecule has 0 saturated carbocycles. The van der Waals surface area contributed by atoms with E-state index in [9.17, 15) is 9.59 Å². The summed E-state index contributed by atoms with van der Waals surface area (Å²) in [5.41, 5.74) is 3.70. The minimum absolute atomic E-state index is 0.252. The van der Waals surface area contributed by atoms with Crippen LogP contribution >= 0.6 is 11.6 Å². The van der Waals surface area contributed by atoms with Crippen molar-refractivity contribution in [3.63, 3.8) is 0 Å². The van der Waals surface area contributed by atoms with Gasteiger partial charge in [0.25, 0.3) is 11.8 Å². The number of hydrogen-bond acceptors (Lipinski definition) is 5. The highest BCUT2D eigenvalue weighted by Crippen LogP contribution is 2.39. The molecule has 0 aliphatic carbocycles. The summed E-state index contributed by atoms with van der Waals surface area (Å²) in [5, 5.41) is 0.506. The number of hydrazine groups is 1. The van der Waals surface area contributed by atoms with E-state index in [1.807, 2.05) is 30.3 Å². The minimum Gasteiger partial charge on any atom is -0.493 e. The van der Waals surface area contributed by atoms with E-state index in [0.29, 0.717) is 17.2 Å². The number of benzene rings is 2. The quantitative estimate of drug-likeness (QED) is 0.606. The number of nitrogens with one attached hydrogen (secondary N) is 1. The molecular formula is C19H19ClN2O5. The van der Waals surface area contributed by atoms with Crippen molar-refractivity contribution in [3.8, 4) is 17.2 Å². The summed E-state index contributed by atoms with van der Waals surface area (Å²) < 4.78 is 15.8. The first-order valence-electron chi connectivity index (χ1n) is 8.15. The van der Waals surface area contributed by atoms with Crippen LogP contribution in [0.3, 0.4) is 0 Å². The predicted molar refractivity (Wildman–Crippen MR) is 99.2 cm³/mol. The largest absolute Gasteiger partial charge is 0.493 e. The van der Waals surface area contributed by atoms with Crippen LogP contribution in [0.2, 0.25) is 0 Å². The van der Waals surface area contributed by atoms with Crippen LogP contribution in [0.15, 0.2) is 42.5 Å². The first-order chi connectivity index (χ1) is 13.0. The molecule has 0 spiro atoms. The van der Waals surface area contributed by atoms with Crippen molar-refractivity contribution in [1.29, 1.82) is 0 Å². The fourth-order valence-electron chi connectivity index (χ4n) is 2.93. The van der Waals surface area contributed by atoms with Gasteiger partial charge in [0.1, 0.15) is 11.4 Å². The number of β-lactam (4-membered cyclic amide) rings is 1. The topological polar surface area (TPSA) is 77.1 Å². The van der Waals surface area contributed by atoms with Gasteiger partial charge in [-0.05, 0) is 17.7 Å². The van der Waals surface area contributed by atoms with E-state index in [0.717, 1.165) is 5.56 Å². The van der Waals surface area contributed by atoms with Gasteiger partial charge in [-0.1, -0.05) is 30.3 Å². The molecule has 0 radical (unpaired) electrons. The zero-order valence-electron chi connectivity index (χ0n) is 15.1. The normalized spacial score (nSPS) is 18.5. The van der Waals surface area contributed by atoms with Gasteiger partial charge in [-0.15, -0.1) is 11.6 Å². The number of nitrogens with zero attached hydrogens (tertiary/aromatic N) is 1. The van der Waals surface area contributed by atoms with Crippen LogP contribution in [0.25, 0.3) is 0 Å². The van der Waals surface area contributed by atoms with E-state index in [2.05, 4.69) is 5.43 Å². The SMILES string of the molecule is COc1cc(C(=O)NN2C(=O)C(Cl)C2c2ccccc2)cc(OC)c1OC. The van der Waals surface area contributed by atoms with Crippen molar-refractivity contribution < 1.29 is 23.8 Å². The van der Waals surface area contributed by atoms with Gasteiger partial charge in [-0.3, -0.25) is 15.0 Å². The average molecular weight is 391 g/mol. The summed E-state index contributed by atoms with van der Waals surface area (Å²) in [4.78, 5) is 24.9. The van der Waals surface area contributed by atoms with Gasteiger partial charge < -0.3 is 14.2 Å². The number of carbonyl (C=O) groups excluding carboxylic acids is 2. The number of halogens is 1. The van der Waals surface area contributed by atoms with Gasteiger partial charge in [0.2, 0.25) is 5.75 Å². The molecule has 2 amide bonds. The van der Waals surface area contributed by atoms with Gasteiger partial charge in [0, 0.05) is 5.56 Å². The van der Waals surface area contributed by atoms with E-state index in [-0.39, 0.29) is 11.5 Å². The Hall–Kier alpha value is -2.93. The Morgan fingerprint density at radius 1 is 1.04 bits per heavy atom. The molecule has 0 bridgehead atoms. The Kier molecular flexibility index (Phi) is 5.41. The lowest BCUT2D eigenvalue weighted by molar-refractivity contribution is -0.149. The van der Waals surface area contributed by atoms with Crippen molar-refractivity contribution in [3.05, 3.63) is 53.6 Å². The zero-order chi connectivity index (χ0) is 19.6. The minimum atomic E-state index is -0.729. The molecule has 1 N–H and O–H groups in total. The maximum absolute atomic E-state index is 12.7. The van der Waals surface area contributed by atoms with Crippen molar-refractivity contribution in [1.82, 2.24) is 10.4 Å². The fraction of sp³-hybridized carbons (Fsp3) is 0.263. The molecule has 1 saturated heterocycles. The number of rotatable bonds is 6. The number of alkyl halides is 1. The second-order valence-electron chi connectivity index (χ2n) is 5.82. The van der Waals surface area contributed by atoms with Gasteiger partial charge >= 0.3 is 0 Å². The Labute approximate surface area is 161 Å². The van der Waals surface area contributed by atoms with Crippen LogP contribution in [0.5, 0.6) is 17.2 Å². The van der Waals surface area contributed by atoms with Crippen LogP contribution < -0.4 is 19.6 Å². The number of carbonyl (C=O) groups is 2. The lowest BCUT2D eigenvalue weighted by Crippen LogP contribution is -2.63. The highest BCUT2D eigenvalue weighted by molar-refractivity contribution is 6.33. The molecule has 8 heteroatoms. The molecular weight excluding hydrogens is 372 g/mol. The van der Waals surface area contributed by atoms with E-state index in [1.165, 1.54) is 38.5 Å². The van der Waals surface area contributed by atoms with Crippen LogP contribution in [0, 0.1) is 0 Å². The number of methoxy groups -OCH3 is 3. The molecule has 1 aliphatic heterocycles. The molecule has 2 atom stereocenters. The fourth-order valence-corrected chi connectivity index (χ4v) is 3.30. The third-order valence-corrected chi connectivity index (χ3v) is 4.74. The average Bonchev–Trinajstić information content (AvgIpc) is 2.72. The number of ether oxygens (including phenoxy) is 3. The Morgan fingerprint density at radius 3 is 2.15 bits per heavy atom. The highest BCUT2D eigenvalue weighted by Gasteiger charge is 2.48. The van der Waals surface area contributed by atoms with Gasteiger partial charge in [-0.25, -0.2) is 5.01 Å². The Balaban J connectivity index is 1.85. The van der Waals surface area contributed by atoms with Gasteiger partial charge in [-0.2, -0.15) is 0 Å². The van der Waals surface area contributed by atoms with Crippen molar-refractivity contribution in [2.24, 2.45) is 0 Å². The van der Waals surface area contributed by atoms with E-state index >= 15 is 0 Å². The van der Waals surface area contributed by atoms with Crippen molar-refractivity contribution in [2.75, 3.05) is 21.3 Å². The lowest BCUT2D eigenvalue weighted by Gasteiger charge is -2.43. The molecule has 7 nitrogen and oxygen atoms in total. The summed E-state index contributed by atoms with van der Waals surface area (Å²) in [6.07, 6.45) is 0. The van der Waals surface area contributed by atoms with Crippen molar-refractivity contribution in [2.45, 2.75) is 11.4 Å². The molecule has 27 heavy (non-hydrogen) atoms. The number of amides is 2. The van der Waals surface area contributed by atoms with Gasteiger partial charge in [0.15, 0.2) is 11.5 Å². The molecule has 2 aromatic rings. The Morgan fingerprint density at radius 2 is 1.63 bits per heavy atom. The highest BCUT2D eigenvalue weighted by atomic mass is 35.5. The molecule has 1 heterocycles. The molecule has 2 unspecified atom stereocenters. The molecule has 3 rings (SSSR count). The van der Waals surface area contributed by atoms with Crippen LogP contribution in [0.4, 0.5) is 0 Å². The molecule has 2 aromatic carbocycles. The summed E-state index contributed by atoms with van der Waals surface area (Å²) in [7, 11) is 4.40. The first-order valence-corrected chi connectivity index (χ1v) is 8.58. The second kappa shape index (κ2) is 7.75. The van der Waals surface area contributed by atoms with E-state index in [1.54, 1.807) is 0 Å². The van der Waals surface area contributed by atoms with Crippen LogP contribution in [0.1, 0.15) is 22.0 Å². The second-order valence-corrected chi connectivity index (χ2v) is 6.29. The zero-order valence-corrected chi connectivity index (χ0v) is 15.8. The smallest absolute Gasteiger partial charge is 0.270 e. The predicted octanol–water partition coefficient (Wildman–Crippen LogP) is 2.55. The maximum atomic E-state index is 12.7. The molecule has 1 fully saturated rings.